The number of phosphoric ester groups is 1. The number of imidazole rings is 1. The second-order valence-electron chi connectivity index (χ2n) is 4.88. The second-order valence-corrected chi connectivity index (χ2v) is 6.07. The molecule has 13 nitrogen and oxygen atoms in total. The first-order valence-corrected chi connectivity index (χ1v) is 7.96. The van der Waals surface area contributed by atoms with Crippen LogP contribution in [-0.2, 0) is 13.8 Å². The highest BCUT2D eigenvalue weighted by Gasteiger charge is 2.48. The lowest BCUT2D eigenvalue weighted by Crippen LogP contribution is -2.34. The molecule has 0 spiro atoms. The van der Waals surface area contributed by atoms with Crippen molar-refractivity contribution in [1.82, 2.24) is 19.5 Å². The lowest BCUT2D eigenvalue weighted by atomic mass is 10.1. The van der Waals surface area contributed by atoms with E-state index in [0.29, 0.717) is 0 Å². The summed E-state index contributed by atoms with van der Waals surface area (Å²) in [6.45, 7) is -0.567. The van der Waals surface area contributed by atoms with Crippen LogP contribution in [0.4, 0.5) is 5.82 Å². The summed E-state index contributed by atoms with van der Waals surface area (Å²) in [6, 6.07) is 0. The van der Waals surface area contributed by atoms with Gasteiger partial charge in [-0.1, -0.05) is 0 Å². The predicted molar refractivity (Wildman–Crippen MR) is 77.3 cm³/mol. The number of hydrogen-bond acceptors (Lipinski definition) is 9. The predicted octanol–water partition coefficient (Wildman–Crippen LogP) is -2.69. The summed E-state index contributed by atoms with van der Waals surface area (Å²) < 4.78 is 22.5. The number of fused-ring (bicyclic) bond motifs is 1. The molecule has 0 saturated carbocycles. The van der Waals surface area contributed by atoms with Crippen molar-refractivity contribution >= 4 is 24.8 Å². The fraction of sp³-hybridized carbons (Fsp3) is 0.500. The Bertz CT molecular complexity index is 765. The Kier molecular flexibility index (Phi) is 5.17. The number of aliphatic hydroxyl groups is 2. The molecule has 3 rings (SSSR count). The Morgan fingerprint density at radius 3 is 2.71 bits per heavy atom. The lowest BCUT2D eigenvalue weighted by Gasteiger charge is -2.21. The molecule has 0 bridgehead atoms. The molecule has 2 aromatic rings. The van der Waals surface area contributed by atoms with Gasteiger partial charge in [-0.2, -0.15) is 0 Å². The van der Waals surface area contributed by atoms with Gasteiger partial charge in [0, 0.05) is 0 Å². The minimum Gasteiger partial charge on any atom is -0.412 e. The molecule has 0 unspecified atom stereocenters. The molecule has 0 amide bonds. The summed E-state index contributed by atoms with van der Waals surface area (Å²) in [5, 5.41) is 19.3. The van der Waals surface area contributed by atoms with E-state index < -0.39 is 39.0 Å². The first-order chi connectivity index (χ1) is 10.8. The van der Waals surface area contributed by atoms with Gasteiger partial charge in [0.25, 0.3) is 0 Å². The Balaban J connectivity index is 0.00000208. The van der Waals surface area contributed by atoms with Crippen LogP contribution in [0, 0.1) is 0 Å². The Labute approximate surface area is 134 Å². The summed E-state index contributed by atoms with van der Waals surface area (Å²) >= 11 is 0. The van der Waals surface area contributed by atoms with E-state index in [1.54, 1.807) is 0 Å². The van der Waals surface area contributed by atoms with Crippen LogP contribution < -0.4 is 5.73 Å². The van der Waals surface area contributed by atoms with Crippen molar-refractivity contribution in [2.24, 2.45) is 0 Å². The minimum absolute atomic E-state index is 0. The normalized spacial score (nSPS) is 27.3. The van der Waals surface area contributed by atoms with E-state index in [1.807, 2.05) is 0 Å². The average molecular weight is 365 g/mol. The number of phosphoric acid groups is 1. The topological polar surface area (TPSA) is 218 Å². The number of nitrogens with two attached hydrogens (primary N) is 1. The SMILES string of the molecule is Nc1ncnc2c1ncn2[C@@H]1O[C@H](CO)[C@@H](O)[C@H]1OP(=O)(O)O.O. The number of aromatic nitrogens is 4. The number of aliphatic hydroxyl groups excluding tert-OH is 2. The molecule has 0 radical (unpaired) electrons. The summed E-state index contributed by atoms with van der Waals surface area (Å²) in [6.07, 6.45) is -2.72. The van der Waals surface area contributed by atoms with E-state index in [1.165, 1.54) is 17.2 Å². The molecule has 1 aliphatic heterocycles. The van der Waals surface area contributed by atoms with Crippen LogP contribution in [0.1, 0.15) is 6.23 Å². The fourth-order valence-electron chi connectivity index (χ4n) is 2.42. The number of rotatable bonds is 4. The second kappa shape index (κ2) is 6.66. The first kappa shape index (κ1) is 18.6. The molecule has 0 aromatic carbocycles. The fourth-order valence-corrected chi connectivity index (χ4v) is 2.97. The van der Waals surface area contributed by atoms with Crippen molar-refractivity contribution < 1.29 is 39.3 Å². The molecule has 0 aliphatic carbocycles. The van der Waals surface area contributed by atoms with E-state index >= 15 is 0 Å². The Morgan fingerprint density at radius 1 is 1.38 bits per heavy atom. The zero-order valence-electron chi connectivity index (χ0n) is 12.0. The summed E-state index contributed by atoms with van der Waals surface area (Å²) in [5.74, 6) is 0.110. The minimum atomic E-state index is -4.91. The molecular formula is C10H16N5O8P. The van der Waals surface area contributed by atoms with E-state index in [-0.39, 0.29) is 22.5 Å². The van der Waals surface area contributed by atoms with Crippen LogP contribution in [0.5, 0.6) is 0 Å². The largest absolute Gasteiger partial charge is 0.470 e. The molecule has 1 fully saturated rings. The zero-order chi connectivity index (χ0) is 16.8. The molecule has 8 N–H and O–H groups in total. The highest BCUT2D eigenvalue weighted by Crippen LogP contribution is 2.45. The molecule has 24 heavy (non-hydrogen) atoms. The van der Waals surface area contributed by atoms with Crippen LogP contribution in [0.25, 0.3) is 11.2 Å². The monoisotopic (exact) mass is 365 g/mol. The third-order valence-corrected chi connectivity index (χ3v) is 3.93. The van der Waals surface area contributed by atoms with Gasteiger partial charge in [-0.05, 0) is 0 Å². The molecule has 3 heterocycles. The van der Waals surface area contributed by atoms with Crippen molar-refractivity contribution in [3.8, 4) is 0 Å². The third-order valence-electron chi connectivity index (χ3n) is 3.41. The highest BCUT2D eigenvalue weighted by atomic mass is 31.2. The highest BCUT2D eigenvalue weighted by molar-refractivity contribution is 7.46. The summed E-state index contributed by atoms with van der Waals surface area (Å²) in [4.78, 5) is 29.8. The van der Waals surface area contributed by atoms with Gasteiger partial charge in [0.2, 0.25) is 0 Å². The van der Waals surface area contributed by atoms with Crippen LogP contribution >= 0.6 is 7.82 Å². The lowest BCUT2D eigenvalue weighted by molar-refractivity contribution is -0.0505. The zero-order valence-corrected chi connectivity index (χ0v) is 12.9. The first-order valence-electron chi connectivity index (χ1n) is 6.43. The third kappa shape index (κ3) is 3.24. The van der Waals surface area contributed by atoms with Crippen molar-refractivity contribution in [3.63, 3.8) is 0 Å². The molecular weight excluding hydrogens is 349 g/mol. The number of ether oxygens (including phenoxy) is 1. The van der Waals surface area contributed by atoms with E-state index in [9.17, 15) is 14.8 Å². The molecule has 1 saturated heterocycles. The quantitative estimate of drug-likeness (QED) is 0.351. The van der Waals surface area contributed by atoms with E-state index in [4.69, 9.17) is 20.3 Å². The average Bonchev–Trinajstić information content (AvgIpc) is 3.01. The standard InChI is InChI=1S/C10H14N5O7P.H2O/c11-8-5-9(13-2-12-8)15(3-14-5)10-7(22-23(18,19)20)6(17)4(1-16)21-10;/h2-4,6-7,10,16-17H,1H2,(H2,11,12,13)(H2,18,19,20);1H2/t4-,6-,7-,10-;/m1./s1. The van der Waals surface area contributed by atoms with Crippen LogP contribution in [0.3, 0.4) is 0 Å². The maximum atomic E-state index is 11.1. The smallest absolute Gasteiger partial charge is 0.412 e. The van der Waals surface area contributed by atoms with Gasteiger partial charge >= 0.3 is 7.82 Å². The van der Waals surface area contributed by atoms with Gasteiger partial charge < -0.3 is 35.9 Å². The van der Waals surface area contributed by atoms with Gasteiger partial charge in [-0.15, -0.1) is 0 Å². The van der Waals surface area contributed by atoms with Gasteiger partial charge in [-0.25, -0.2) is 19.5 Å². The van der Waals surface area contributed by atoms with E-state index in [0.717, 1.165) is 0 Å². The van der Waals surface area contributed by atoms with Crippen LogP contribution in [-0.4, -0.2) is 69.9 Å². The molecule has 14 heteroatoms. The maximum Gasteiger partial charge on any atom is 0.470 e. The molecule has 1 aliphatic rings. The number of nitrogen functional groups attached to an aromatic ring is 1. The van der Waals surface area contributed by atoms with Crippen LogP contribution in [0.15, 0.2) is 12.7 Å². The van der Waals surface area contributed by atoms with Gasteiger partial charge in [-0.3, -0.25) is 9.09 Å². The van der Waals surface area contributed by atoms with Gasteiger partial charge in [0.15, 0.2) is 17.7 Å². The number of anilines is 1. The summed E-state index contributed by atoms with van der Waals surface area (Å²) in [5.41, 5.74) is 6.16. The molecule has 4 atom stereocenters. The van der Waals surface area contributed by atoms with Crippen LogP contribution in [0.2, 0.25) is 0 Å². The summed E-state index contributed by atoms with van der Waals surface area (Å²) in [7, 11) is -4.91. The van der Waals surface area contributed by atoms with Gasteiger partial charge in [0.05, 0.1) is 12.9 Å². The van der Waals surface area contributed by atoms with Crippen molar-refractivity contribution in [1.29, 1.82) is 0 Å². The van der Waals surface area contributed by atoms with Crippen molar-refractivity contribution in [2.45, 2.75) is 24.5 Å². The van der Waals surface area contributed by atoms with Crippen molar-refractivity contribution in [2.75, 3.05) is 12.3 Å². The molecule has 134 valence electrons. The maximum absolute atomic E-state index is 11.1. The Hall–Kier alpha value is -1.70. The van der Waals surface area contributed by atoms with E-state index in [2.05, 4.69) is 19.5 Å². The molecule has 2 aromatic heterocycles. The number of nitrogens with zero attached hydrogens (tertiary/aromatic N) is 4. The number of hydrogen-bond donors (Lipinski definition) is 5. The van der Waals surface area contributed by atoms with Crippen molar-refractivity contribution in [3.05, 3.63) is 12.7 Å². The Morgan fingerprint density at radius 2 is 2.08 bits per heavy atom. The van der Waals surface area contributed by atoms with Gasteiger partial charge in [0.1, 0.15) is 30.2 Å².